The minimum atomic E-state index is -0.725. The molecular weight excluding hydrogens is 476 g/mol. The number of halogens is 1. The molecule has 0 radical (unpaired) electrons. The Balaban J connectivity index is 1.90. The van der Waals surface area contributed by atoms with E-state index in [4.69, 9.17) is 21.1 Å². The fourth-order valence-electron chi connectivity index (χ4n) is 3.85. The standard InChI is InChI=1S/C29H33ClN2O4/c1-3-4-17-31-29(34)25(19-22-11-6-5-7-12-22)32(20-23-13-10-14-24(30)18-23)28(33)21-36-27-16-9-8-15-26(27)35-2/h5-16,18,25H,3-4,17,19-21H2,1-2H3,(H,31,34)/t25-/m1/s1. The Morgan fingerprint density at radius 1 is 0.944 bits per heavy atom. The minimum absolute atomic E-state index is 0.194. The molecule has 0 heterocycles. The molecule has 0 spiro atoms. The lowest BCUT2D eigenvalue weighted by atomic mass is 10.0. The van der Waals surface area contributed by atoms with Gasteiger partial charge in [-0.3, -0.25) is 9.59 Å². The number of methoxy groups -OCH3 is 1. The first kappa shape index (κ1) is 27.1. The molecule has 0 aliphatic rings. The van der Waals surface area contributed by atoms with Gasteiger partial charge in [0.05, 0.1) is 7.11 Å². The second-order valence-electron chi connectivity index (χ2n) is 8.44. The van der Waals surface area contributed by atoms with E-state index in [-0.39, 0.29) is 25.0 Å². The van der Waals surface area contributed by atoms with Crippen LogP contribution in [-0.4, -0.2) is 43.0 Å². The number of unbranched alkanes of at least 4 members (excludes halogenated alkanes) is 1. The van der Waals surface area contributed by atoms with Gasteiger partial charge >= 0.3 is 0 Å². The van der Waals surface area contributed by atoms with E-state index in [1.54, 1.807) is 36.3 Å². The maximum Gasteiger partial charge on any atom is 0.261 e. The van der Waals surface area contributed by atoms with Crippen molar-refractivity contribution in [2.24, 2.45) is 0 Å². The van der Waals surface area contributed by atoms with E-state index in [9.17, 15) is 9.59 Å². The number of ether oxygens (including phenoxy) is 2. The summed E-state index contributed by atoms with van der Waals surface area (Å²) in [4.78, 5) is 28.6. The van der Waals surface area contributed by atoms with E-state index < -0.39 is 6.04 Å². The molecular formula is C29H33ClN2O4. The zero-order valence-corrected chi connectivity index (χ0v) is 21.5. The smallest absolute Gasteiger partial charge is 0.261 e. The summed E-state index contributed by atoms with van der Waals surface area (Å²) in [5.41, 5.74) is 1.79. The van der Waals surface area contributed by atoms with Gasteiger partial charge in [0.25, 0.3) is 5.91 Å². The molecule has 0 aliphatic carbocycles. The summed E-state index contributed by atoms with van der Waals surface area (Å²) < 4.78 is 11.2. The molecule has 0 unspecified atom stereocenters. The molecule has 36 heavy (non-hydrogen) atoms. The fourth-order valence-corrected chi connectivity index (χ4v) is 4.07. The SMILES string of the molecule is CCCCNC(=O)[C@@H](Cc1ccccc1)N(Cc1cccc(Cl)c1)C(=O)COc1ccccc1OC. The van der Waals surface area contributed by atoms with Gasteiger partial charge in [-0.15, -0.1) is 0 Å². The van der Waals surface area contributed by atoms with Crippen LogP contribution in [0.4, 0.5) is 0 Å². The van der Waals surface area contributed by atoms with Crippen molar-refractivity contribution in [1.29, 1.82) is 0 Å². The van der Waals surface area contributed by atoms with Crippen molar-refractivity contribution in [3.05, 3.63) is 95.0 Å². The third-order valence-electron chi connectivity index (χ3n) is 5.76. The number of hydrogen-bond acceptors (Lipinski definition) is 4. The fraction of sp³-hybridized carbons (Fsp3) is 0.310. The number of carbonyl (C=O) groups excluding carboxylic acids is 2. The normalized spacial score (nSPS) is 11.4. The first-order valence-corrected chi connectivity index (χ1v) is 12.5. The average molecular weight is 509 g/mol. The largest absolute Gasteiger partial charge is 0.493 e. The third kappa shape index (κ3) is 8.02. The summed E-state index contributed by atoms with van der Waals surface area (Å²) in [7, 11) is 1.55. The van der Waals surface area contributed by atoms with Crippen LogP contribution in [-0.2, 0) is 22.6 Å². The van der Waals surface area contributed by atoms with Gasteiger partial charge in [0.2, 0.25) is 5.91 Å². The number of nitrogens with one attached hydrogen (secondary N) is 1. The molecule has 0 saturated carbocycles. The van der Waals surface area contributed by atoms with Crippen molar-refractivity contribution < 1.29 is 19.1 Å². The Labute approximate surface area is 218 Å². The number of carbonyl (C=O) groups is 2. The second-order valence-corrected chi connectivity index (χ2v) is 8.88. The van der Waals surface area contributed by atoms with Crippen LogP contribution in [0.1, 0.15) is 30.9 Å². The highest BCUT2D eigenvalue weighted by Crippen LogP contribution is 2.26. The van der Waals surface area contributed by atoms with E-state index in [1.165, 1.54) is 0 Å². The van der Waals surface area contributed by atoms with Crippen LogP contribution >= 0.6 is 11.6 Å². The van der Waals surface area contributed by atoms with Crippen LogP contribution in [0.15, 0.2) is 78.9 Å². The van der Waals surface area contributed by atoms with E-state index in [1.807, 2.05) is 54.6 Å². The van der Waals surface area contributed by atoms with Gasteiger partial charge in [-0.2, -0.15) is 0 Å². The van der Waals surface area contributed by atoms with Crippen LogP contribution < -0.4 is 14.8 Å². The molecule has 190 valence electrons. The zero-order chi connectivity index (χ0) is 25.8. The lowest BCUT2D eigenvalue weighted by Crippen LogP contribution is -2.51. The molecule has 3 rings (SSSR count). The molecule has 0 bridgehead atoms. The molecule has 1 N–H and O–H groups in total. The van der Waals surface area contributed by atoms with Gasteiger partial charge in [-0.05, 0) is 41.8 Å². The van der Waals surface area contributed by atoms with Gasteiger partial charge in [-0.1, -0.05) is 79.5 Å². The molecule has 0 saturated heterocycles. The highest BCUT2D eigenvalue weighted by atomic mass is 35.5. The van der Waals surface area contributed by atoms with Crippen LogP contribution in [0.3, 0.4) is 0 Å². The van der Waals surface area contributed by atoms with Crippen LogP contribution in [0, 0.1) is 0 Å². The van der Waals surface area contributed by atoms with Crippen LogP contribution in [0.2, 0.25) is 5.02 Å². The number of benzene rings is 3. The predicted molar refractivity (Wildman–Crippen MR) is 142 cm³/mol. The highest BCUT2D eigenvalue weighted by molar-refractivity contribution is 6.30. The highest BCUT2D eigenvalue weighted by Gasteiger charge is 2.30. The molecule has 0 fully saturated rings. The molecule has 0 aliphatic heterocycles. The first-order chi connectivity index (χ1) is 17.5. The molecule has 3 aromatic carbocycles. The predicted octanol–water partition coefficient (Wildman–Crippen LogP) is 5.28. The summed E-state index contributed by atoms with van der Waals surface area (Å²) in [6.45, 7) is 2.59. The van der Waals surface area contributed by atoms with Gasteiger partial charge in [-0.25, -0.2) is 0 Å². The Morgan fingerprint density at radius 3 is 2.33 bits per heavy atom. The van der Waals surface area contributed by atoms with Crippen LogP contribution in [0.25, 0.3) is 0 Å². The van der Waals surface area contributed by atoms with E-state index in [0.717, 1.165) is 24.0 Å². The lowest BCUT2D eigenvalue weighted by Gasteiger charge is -2.31. The number of amides is 2. The average Bonchev–Trinajstić information content (AvgIpc) is 2.90. The number of rotatable bonds is 13. The molecule has 6 nitrogen and oxygen atoms in total. The quantitative estimate of drug-likeness (QED) is 0.319. The topological polar surface area (TPSA) is 67.9 Å². The summed E-state index contributed by atoms with van der Waals surface area (Å²) in [5, 5.41) is 3.58. The number of para-hydroxylation sites is 2. The number of hydrogen-bond donors (Lipinski definition) is 1. The second kappa shape index (κ2) is 14.1. The summed E-state index contributed by atoms with van der Waals surface area (Å²) in [6.07, 6.45) is 2.20. The van der Waals surface area contributed by atoms with Crippen molar-refractivity contribution in [1.82, 2.24) is 10.2 Å². The van der Waals surface area contributed by atoms with Crippen molar-refractivity contribution in [2.45, 2.75) is 38.8 Å². The van der Waals surface area contributed by atoms with Gasteiger partial charge in [0.15, 0.2) is 18.1 Å². The number of nitrogens with zero attached hydrogens (tertiary/aromatic N) is 1. The van der Waals surface area contributed by atoms with E-state index in [2.05, 4.69) is 12.2 Å². The van der Waals surface area contributed by atoms with E-state index >= 15 is 0 Å². The zero-order valence-electron chi connectivity index (χ0n) is 20.8. The lowest BCUT2D eigenvalue weighted by molar-refractivity contribution is -0.142. The first-order valence-electron chi connectivity index (χ1n) is 12.1. The van der Waals surface area contributed by atoms with Crippen molar-refractivity contribution >= 4 is 23.4 Å². The molecule has 3 aromatic rings. The monoisotopic (exact) mass is 508 g/mol. The Kier molecular flexibility index (Phi) is 10.6. The van der Waals surface area contributed by atoms with E-state index in [0.29, 0.717) is 29.5 Å². The van der Waals surface area contributed by atoms with Crippen LogP contribution in [0.5, 0.6) is 11.5 Å². The summed E-state index contributed by atoms with van der Waals surface area (Å²) in [5.74, 6) is 0.486. The van der Waals surface area contributed by atoms with Gasteiger partial charge in [0, 0.05) is 24.5 Å². The molecule has 2 amide bonds. The van der Waals surface area contributed by atoms with Gasteiger partial charge < -0.3 is 19.7 Å². The molecule has 7 heteroatoms. The molecule has 0 aromatic heterocycles. The Hall–Kier alpha value is -3.51. The summed E-state index contributed by atoms with van der Waals surface area (Å²) in [6, 6.07) is 23.4. The molecule has 1 atom stereocenters. The van der Waals surface area contributed by atoms with Gasteiger partial charge in [0.1, 0.15) is 6.04 Å². The minimum Gasteiger partial charge on any atom is -0.493 e. The maximum absolute atomic E-state index is 13.6. The van der Waals surface area contributed by atoms with Crippen molar-refractivity contribution in [3.63, 3.8) is 0 Å². The Bertz CT molecular complexity index is 1120. The summed E-state index contributed by atoms with van der Waals surface area (Å²) >= 11 is 6.22. The third-order valence-corrected chi connectivity index (χ3v) is 6.00. The Morgan fingerprint density at radius 2 is 1.64 bits per heavy atom. The maximum atomic E-state index is 13.6. The van der Waals surface area contributed by atoms with Crippen molar-refractivity contribution in [2.75, 3.05) is 20.3 Å². The van der Waals surface area contributed by atoms with Crippen molar-refractivity contribution in [3.8, 4) is 11.5 Å².